The number of rotatable bonds is 3. The molecule has 0 bridgehead atoms. The summed E-state index contributed by atoms with van der Waals surface area (Å²) >= 11 is 1.65. The highest BCUT2D eigenvalue weighted by Crippen LogP contribution is 2.33. The van der Waals surface area contributed by atoms with Crippen molar-refractivity contribution >= 4 is 29.5 Å². The van der Waals surface area contributed by atoms with Crippen LogP contribution in [0, 0.1) is 20.8 Å². The zero-order chi connectivity index (χ0) is 16.8. The highest BCUT2D eigenvalue weighted by molar-refractivity contribution is 7.99. The van der Waals surface area contributed by atoms with E-state index in [0.717, 1.165) is 27.3 Å². The number of urea groups is 1. The maximum absolute atomic E-state index is 12.6. The Bertz CT molecular complexity index is 708. The molecule has 1 atom stereocenters. The number of Topliss-reactive ketones (excluding diaryl/α,β-unsaturated/α-hetero) is 1. The van der Waals surface area contributed by atoms with Crippen molar-refractivity contribution in [3.63, 3.8) is 0 Å². The van der Waals surface area contributed by atoms with Gasteiger partial charge in [0.2, 0.25) is 0 Å². The third-order valence-electron chi connectivity index (χ3n) is 4.71. The first kappa shape index (κ1) is 16.1. The van der Waals surface area contributed by atoms with Gasteiger partial charge in [-0.3, -0.25) is 14.5 Å². The highest BCUT2D eigenvalue weighted by atomic mass is 32.2. The van der Waals surface area contributed by atoms with E-state index in [1.165, 1.54) is 0 Å². The number of benzene rings is 1. The number of aryl methyl sites for hydroxylation is 3. The lowest BCUT2D eigenvalue weighted by molar-refractivity contribution is -0.130. The van der Waals surface area contributed by atoms with Crippen LogP contribution in [0.5, 0.6) is 0 Å². The largest absolute Gasteiger partial charge is 0.325 e. The summed E-state index contributed by atoms with van der Waals surface area (Å²) in [5.41, 5.74) is 2.81. The van der Waals surface area contributed by atoms with Gasteiger partial charge in [-0.1, -0.05) is 6.07 Å². The quantitative estimate of drug-likeness (QED) is 0.681. The second-order valence-electron chi connectivity index (χ2n) is 6.38. The lowest BCUT2D eigenvalue weighted by atomic mass is 9.97. The van der Waals surface area contributed by atoms with Crippen molar-refractivity contribution in [2.45, 2.75) is 32.7 Å². The molecule has 0 saturated carbocycles. The molecule has 2 fully saturated rings. The van der Waals surface area contributed by atoms with E-state index in [-0.39, 0.29) is 18.2 Å². The Morgan fingerprint density at radius 3 is 2.57 bits per heavy atom. The van der Waals surface area contributed by atoms with Crippen LogP contribution < -0.4 is 5.32 Å². The summed E-state index contributed by atoms with van der Waals surface area (Å²) < 4.78 is 0. The molecule has 23 heavy (non-hydrogen) atoms. The van der Waals surface area contributed by atoms with Crippen molar-refractivity contribution in [1.82, 2.24) is 10.2 Å². The minimum Gasteiger partial charge on any atom is -0.322 e. The van der Waals surface area contributed by atoms with Gasteiger partial charge in [0.05, 0.1) is 6.54 Å². The molecular weight excluding hydrogens is 312 g/mol. The number of nitrogens with zero attached hydrogens (tertiary/aromatic N) is 1. The molecule has 6 heteroatoms. The molecular formula is C17H20N2O3S. The summed E-state index contributed by atoms with van der Waals surface area (Å²) in [5.74, 6) is 0.980. The van der Waals surface area contributed by atoms with Crippen LogP contribution in [0.3, 0.4) is 0 Å². The van der Waals surface area contributed by atoms with Crippen molar-refractivity contribution in [2.75, 3.05) is 18.1 Å². The van der Waals surface area contributed by atoms with Gasteiger partial charge in [-0.15, -0.1) is 0 Å². The van der Waals surface area contributed by atoms with Gasteiger partial charge in [0.15, 0.2) is 5.78 Å². The van der Waals surface area contributed by atoms with Gasteiger partial charge < -0.3 is 5.32 Å². The van der Waals surface area contributed by atoms with Gasteiger partial charge in [-0.2, -0.15) is 11.8 Å². The summed E-state index contributed by atoms with van der Waals surface area (Å²) in [4.78, 5) is 38.4. The fourth-order valence-corrected chi connectivity index (χ4v) is 4.47. The van der Waals surface area contributed by atoms with Crippen molar-refractivity contribution in [3.8, 4) is 0 Å². The van der Waals surface area contributed by atoms with Crippen LogP contribution in [0.25, 0.3) is 0 Å². The van der Waals surface area contributed by atoms with Crippen LogP contribution in [0.15, 0.2) is 12.1 Å². The molecule has 122 valence electrons. The molecule has 1 unspecified atom stereocenters. The SMILES string of the molecule is Cc1cc(C)c(C(=O)CN2C(=O)NC3(CCSC3)C2=O)cc1C. The number of nitrogens with one attached hydrogen (secondary N) is 1. The monoisotopic (exact) mass is 332 g/mol. The maximum Gasteiger partial charge on any atom is 0.325 e. The summed E-state index contributed by atoms with van der Waals surface area (Å²) in [6.45, 7) is 5.63. The minimum atomic E-state index is -0.791. The first-order chi connectivity index (χ1) is 10.8. The van der Waals surface area contributed by atoms with Crippen LogP contribution in [-0.2, 0) is 4.79 Å². The lowest BCUT2D eigenvalue weighted by Gasteiger charge is -2.19. The first-order valence-corrected chi connectivity index (χ1v) is 8.82. The molecule has 1 N–H and O–H groups in total. The Hall–Kier alpha value is -1.82. The van der Waals surface area contributed by atoms with Crippen LogP contribution in [0.1, 0.15) is 33.5 Å². The molecule has 2 aliphatic heterocycles. The molecule has 0 radical (unpaired) electrons. The average Bonchev–Trinajstić information content (AvgIpc) is 3.04. The number of amides is 3. The zero-order valence-corrected chi connectivity index (χ0v) is 14.4. The number of thioether (sulfide) groups is 1. The predicted octanol–water partition coefficient (Wildman–Crippen LogP) is 2.22. The Labute approximate surface area is 139 Å². The summed E-state index contributed by atoms with van der Waals surface area (Å²) in [6.07, 6.45) is 0.635. The average molecular weight is 332 g/mol. The van der Waals surface area contributed by atoms with Crippen LogP contribution in [-0.4, -0.2) is 46.2 Å². The Balaban J connectivity index is 1.82. The smallest absolute Gasteiger partial charge is 0.322 e. The fourth-order valence-electron chi connectivity index (χ4n) is 3.14. The molecule has 2 saturated heterocycles. The van der Waals surface area contributed by atoms with Crippen molar-refractivity contribution in [2.24, 2.45) is 0 Å². The standard InChI is InChI=1S/C17H20N2O3S/c1-10-6-12(3)13(7-11(10)2)14(20)8-19-15(21)17(18-16(19)22)4-5-23-9-17/h6-7H,4-5,8-9H2,1-3H3,(H,18,22). The van der Waals surface area contributed by atoms with E-state index in [9.17, 15) is 14.4 Å². The predicted molar refractivity (Wildman–Crippen MR) is 89.9 cm³/mol. The van der Waals surface area contributed by atoms with Gasteiger partial charge >= 0.3 is 6.03 Å². The number of imide groups is 1. The molecule has 5 nitrogen and oxygen atoms in total. The molecule has 1 spiro atoms. The van der Waals surface area contributed by atoms with E-state index in [1.807, 2.05) is 32.9 Å². The second kappa shape index (κ2) is 5.67. The van der Waals surface area contributed by atoms with E-state index in [0.29, 0.717) is 17.7 Å². The number of hydrogen-bond donors (Lipinski definition) is 1. The number of hydrogen-bond acceptors (Lipinski definition) is 4. The maximum atomic E-state index is 12.6. The number of carbonyl (C=O) groups excluding carboxylic acids is 3. The fraction of sp³-hybridized carbons (Fsp3) is 0.471. The van der Waals surface area contributed by atoms with Gasteiger partial charge in [0, 0.05) is 11.3 Å². The second-order valence-corrected chi connectivity index (χ2v) is 7.49. The molecule has 2 heterocycles. The van der Waals surface area contributed by atoms with Crippen LogP contribution >= 0.6 is 11.8 Å². The lowest BCUT2D eigenvalue weighted by Crippen LogP contribution is -2.47. The summed E-state index contributed by atoms with van der Waals surface area (Å²) in [7, 11) is 0. The van der Waals surface area contributed by atoms with Crippen LogP contribution in [0.4, 0.5) is 4.79 Å². The van der Waals surface area contributed by atoms with Crippen LogP contribution in [0.2, 0.25) is 0 Å². The van der Waals surface area contributed by atoms with E-state index in [1.54, 1.807) is 11.8 Å². The van der Waals surface area contributed by atoms with Crippen molar-refractivity contribution < 1.29 is 14.4 Å². The first-order valence-electron chi connectivity index (χ1n) is 7.67. The van der Waals surface area contributed by atoms with Gasteiger partial charge in [-0.25, -0.2) is 4.79 Å². The highest BCUT2D eigenvalue weighted by Gasteiger charge is 2.53. The Kier molecular flexibility index (Phi) is 3.96. The van der Waals surface area contributed by atoms with E-state index >= 15 is 0 Å². The topological polar surface area (TPSA) is 66.5 Å². The van der Waals surface area contributed by atoms with E-state index < -0.39 is 11.6 Å². The van der Waals surface area contributed by atoms with E-state index in [2.05, 4.69) is 5.32 Å². The molecule has 3 rings (SSSR count). The number of ketones is 1. The third-order valence-corrected chi connectivity index (χ3v) is 5.90. The number of carbonyl (C=O) groups is 3. The molecule has 1 aromatic carbocycles. The molecule has 0 aliphatic carbocycles. The van der Waals surface area contributed by atoms with Crippen molar-refractivity contribution in [1.29, 1.82) is 0 Å². The molecule has 3 amide bonds. The normalized spacial score (nSPS) is 23.7. The van der Waals surface area contributed by atoms with Gasteiger partial charge in [0.25, 0.3) is 5.91 Å². The zero-order valence-electron chi connectivity index (χ0n) is 13.6. The Morgan fingerprint density at radius 1 is 1.22 bits per heavy atom. The summed E-state index contributed by atoms with van der Waals surface area (Å²) in [6, 6.07) is 3.35. The van der Waals surface area contributed by atoms with Gasteiger partial charge in [-0.05, 0) is 55.7 Å². The van der Waals surface area contributed by atoms with Gasteiger partial charge in [0.1, 0.15) is 5.54 Å². The molecule has 0 aromatic heterocycles. The third kappa shape index (κ3) is 2.65. The minimum absolute atomic E-state index is 0.194. The summed E-state index contributed by atoms with van der Waals surface area (Å²) in [5, 5.41) is 2.79. The molecule has 1 aromatic rings. The van der Waals surface area contributed by atoms with Crippen molar-refractivity contribution in [3.05, 3.63) is 34.4 Å². The molecule has 2 aliphatic rings. The Morgan fingerprint density at radius 2 is 1.91 bits per heavy atom. The van der Waals surface area contributed by atoms with E-state index in [4.69, 9.17) is 0 Å².